The number of aliphatic hydroxyl groups excluding tert-OH is 1. The average Bonchev–Trinajstić information content (AvgIpc) is 2.96. The Morgan fingerprint density at radius 3 is 2.37 bits per heavy atom. The third kappa shape index (κ3) is 2.44. The highest BCUT2D eigenvalue weighted by molar-refractivity contribution is 5.37. The van der Waals surface area contributed by atoms with E-state index in [1.165, 1.54) is 5.57 Å². The molecule has 0 bridgehead atoms. The monoisotopic (exact) mass is 412 g/mol. The molecule has 1 aromatic rings. The normalized spacial score (nSPS) is 47.7. The molecule has 0 heterocycles. The van der Waals surface area contributed by atoms with Gasteiger partial charge in [0.2, 0.25) is 0 Å². The number of hydrogen-bond acceptors (Lipinski definition) is 4. The van der Waals surface area contributed by atoms with Crippen LogP contribution >= 0.6 is 0 Å². The van der Waals surface area contributed by atoms with Crippen LogP contribution in [0.5, 0.6) is 5.75 Å². The Morgan fingerprint density at radius 2 is 1.67 bits per heavy atom. The number of ether oxygens (including phenoxy) is 1. The maximum atomic E-state index is 12.3. The number of hydrogen-bond donors (Lipinski definition) is 3. The van der Waals surface area contributed by atoms with Gasteiger partial charge in [-0.15, -0.1) is 0 Å². The average molecular weight is 413 g/mol. The van der Waals surface area contributed by atoms with Crippen molar-refractivity contribution in [3.8, 4) is 5.75 Å². The van der Waals surface area contributed by atoms with Crippen LogP contribution in [0.25, 0.3) is 0 Å². The van der Waals surface area contributed by atoms with E-state index in [1.54, 1.807) is 7.11 Å². The van der Waals surface area contributed by atoms with E-state index >= 15 is 0 Å². The first kappa shape index (κ1) is 20.5. The molecule has 4 heteroatoms. The lowest BCUT2D eigenvalue weighted by atomic mass is 9.45. The summed E-state index contributed by atoms with van der Waals surface area (Å²) in [5.74, 6) is 1.36. The SMILES string of the molecule is COc1ccc([C@@]2(O)CC[C@]3(O)[C@@H]4CC=C5C[C@@H](O)CC[C@]5(C)[C@H]4CC[C@]23C)cc1. The Kier molecular flexibility index (Phi) is 4.50. The van der Waals surface area contributed by atoms with Crippen molar-refractivity contribution in [1.82, 2.24) is 0 Å². The number of benzene rings is 1. The molecule has 0 saturated heterocycles. The Morgan fingerprint density at radius 1 is 0.933 bits per heavy atom. The molecule has 1 aromatic carbocycles. The zero-order valence-electron chi connectivity index (χ0n) is 18.5. The summed E-state index contributed by atoms with van der Waals surface area (Å²) >= 11 is 0. The summed E-state index contributed by atoms with van der Waals surface area (Å²) in [6, 6.07) is 7.74. The molecule has 4 nitrogen and oxygen atoms in total. The van der Waals surface area contributed by atoms with Crippen LogP contribution in [0.1, 0.15) is 70.8 Å². The number of rotatable bonds is 2. The van der Waals surface area contributed by atoms with Gasteiger partial charge in [-0.05, 0) is 86.3 Å². The van der Waals surface area contributed by atoms with Crippen LogP contribution in [-0.4, -0.2) is 34.1 Å². The van der Waals surface area contributed by atoms with Crippen LogP contribution in [0.2, 0.25) is 0 Å². The summed E-state index contributed by atoms with van der Waals surface area (Å²) in [5.41, 5.74) is -0.137. The lowest BCUT2D eigenvalue weighted by Crippen LogP contribution is -2.63. The summed E-state index contributed by atoms with van der Waals surface area (Å²) in [4.78, 5) is 0. The summed E-state index contributed by atoms with van der Waals surface area (Å²) in [6.07, 6.45) is 8.64. The second kappa shape index (κ2) is 6.57. The molecular weight excluding hydrogens is 376 g/mol. The smallest absolute Gasteiger partial charge is 0.118 e. The molecule has 4 aliphatic rings. The molecule has 0 amide bonds. The van der Waals surface area contributed by atoms with Gasteiger partial charge < -0.3 is 20.1 Å². The molecule has 3 N–H and O–H groups in total. The van der Waals surface area contributed by atoms with Gasteiger partial charge in [0.25, 0.3) is 0 Å². The first-order valence-corrected chi connectivity index (χ1v) is 11.6. The van der Waals surface area contributed by atoms with Gasteiger partial charge in [0, 0.05) is 5.41 Å². The molecule has 3 fully saturated rings. The maximum Gasteiger partial charge on any atom is 0.118 e. The third-order valence-corrected chi connectivity index (χ3v) is 9.98. The first-order chi connectivity index (χ1) is 14.2. The molecule has 0 aliphatic heterocycles. The fraction of sp³-hybridized carbons (Fsp3) is 0.692. The van der Waals surface area contributed by atoms with Crippen molar-refractivity contribution in [1.29, 1.82) is 0 Å². The van der Waals surface area contributed by atoms with Crippen LogP contribution < -0.4 is 4.74 Å². The van der Waals surface area contributed by atoms with Crippen molar-refractivity contribution in [3.63, 3.8) is 0 Å². The molecule has 3 saturated carbocycles. The zero-order chi connectivity index (χ0) is 21.4. The number of allylic oxidation sites excluding steroid dienone is 1. The molecule has 0 unspecified atom stereocenters. The van der Waals surface area contributed by atoms with Gasteiger partial charge in [-0.25, -0.2) is 0 Å². The number of methoxy groups -OCH3 is 1. The van der Waals surface area contributed by atoms with E-state index < -0.39 is 16.6 Å². The largest absolute Gasteiger partial charge is 0.497 e. The molecule has 164 valence electrons. The van der Waals surface area contributed by atoms with Gasteiger partial charge in [-0.1, -0.05) is 37.6 Å². The van der Waals surface area contributed by atoms with E-state index in [0.29, 0.717) is 18.8 Å². The Bertz CT molecular complexity index is 862. The Balaban J connectivity index is 1.53. The second-order valence-electron chi connectivity index (χ2n) is 10.9. The van der Waals surface area contributed by atoms with E-state index in [9.17, 15) is 15.3 Å². The minimum Gasteiger partial charge on any atom is -0.497 e. The predicted octanol–water partition coefficient (Wildman–Crippen LogP) is 4.32. The lowest BCUT2D eigenvalue weighted by molar-refractivity contribution is -0.218. The van der Waals surface area contributed by atoms with Gasteiger partial charge in [0.15, 0.2) is 0 Å². The van der Waals surface area contributed by atoms with E-state index in [-0.39, 0.29) is 17.4 Å². The fourth-order valence-corrected chi connectivity index (χ4v) is 7.95. The quantitative estimate of drug-likeness (QED) is 0.633. The van der Waals surface area contributed by atoms with Crippen molar-refractivity contribution in [2.45, 2.75) is 82.5 Å². The zero-order valence-corrected chi connectivity index (χ0v) is 18.5. The number of aliphatic hydroxyl groups is 3. The topological polar surface area (TPSA) is 69.9 Å². The number of fused-ring (bicyclic) bond motifs is 5. The lowest BCUT2D eigenvalue weighted by Gasteiger charge is -2.62. The Hall–Kier alpha value is -1.36. The Labute approximate surface area is 180 Å². The molecule has 30 heavy (non-hydrogen) atoms. The van der Waals surface area contributed by atoms with Crippen molar-refractivity contribution >= 4 is 0 Å². The van der Waals surface area contributed by atoms with Gasteiger partial charge in [-0.2, -0.15) is 0 Å². The highest BCUT2D eigenvalue weighted by Crippen LogP contribution is 2.70. The van der Waals surface area contributed by atoms with E-state index in [1.807, 2.05) is 24.3 Å². The van der Waals surface area contributed by atoms with Gasteiger partial charge in [-0.3, -0.25) is 0 Å². The van der Waals surface area contributed by atoms with Gasteiger partial charge in [0.05, 0.1) is 24.4 Å². The third-order valence-electron chi connectivity index (χ3n) is 9.98. The van der Waals surface area contributed by atoms with Crippen LogP contribution in [0.15, 0.2) is 35.9 Å². The van der Waals surface area contributed by atoms with Crippen LogP contribution in [-0.2, 0) is 5.60 Å². The summed E-state index contributed by atoms with van der Waals surface area (Å²) in [6.45, 7) is 4.48. The highest BCUT2D eigenvalue weighted by atomic mass is 16.5. The van der Waals surface area contributed by atoms with Crippen LogP contribution in [0.4, 0.5) is 0 Å². The van der Waals surface area contributed by atoms with Crippen molar-refractivity contribution in [2.75, 3.05) is 7.11 Å². The molecule has 5 rings (SSSR count). The maximum absolute atomic E-state index is 12.3. The van der Waals surface area contributed by atoms with E-state index in [2.05, 4.69) is 19.9 Å². The summed E-state index contributed by atoms with van der Waals surface area (Å²) in [5, 5.41) is 34.5. The second-order valence-corrected chi connectivity index (χ2v) is 10.9. The van der Waals surface area contributed by atoms with Crippen molar-refractivity contribution in [2.24, 2.45) is 22.7 Å². The molecule has 7 atom stereocenters. The van der Waals surface area contributed by atoms with Gasteiger partial charge >= 0.3 is 0 Å². The van der Waals surface area contributed by atoms with E-state index in [4.69, 9.17) is 4.74 Å². The first-order valence-electron chi connectivity index (χ1n) is 11.6. The molecule has 0 aromatic heterocycles. The minimum atomic E-state index is -1.04. The standard InChI is InChI=1S/C26H36O4/c1-23-12-10-19(27)16-18(23)6-9-22-21(23)11-13-24(2)25(28,14-15-26(22,24)29)17-4-7-20(30-3)8-5-17/h4-8,19,21-22,27-29H,9-16H2,1-3H3/t19-,21-,22+,23-,24+,25-,26-/m0/s1. The summed E-state index contributed by atoms with van der Waals surface area (Å²) in [7, 11) is 1.65. The van der Waals surface area contributed by atoms with Crippen molar-refractivity contribution in [3.05, 3.63) is 41.5 Å². The van der Waals surface area contributed by atoms with Crippen LogP contribution in [0, 0.1) is 22.7 Å². The van der Waals surface area contributed by atoms with Crippen molar-refractivity contribution < 1.29 is 20.1 Å². The highest BCUT2D eigenvalue weighted by Gasteiger charge is 2.71. The summed E-state index contributed by atoms with van der Waals surface area (Å²) < 4.78 is 5.30. The van der Waals surface area contributed by atoms with Gasteiger partial charge in [0.1, 0.15) is 5.75 Å². The molecule has 0 spiro atoms. The van der Waals surface area contributed by atoms with E-state index in [0.717, 1.165) is 49.8 Å². The molecular formula is C26H36O4. The minimum absolute atomic E-state index is 0.0695. The fourth-order valence-electron chi connectivity index (χ4n) is 7.95. The molecule has 4 aliphatic carbocycles. The molecule has 0 radical (unpaired) electrons. The van der Waals surface area contributed by atoms with Crippen LogP contribution in [0.3, 0.4) is 0 Å². The predicted molar refractivity (Wildman–Crippen MR) is 116 cm³/mol.